The summed E-state index contributed by atoms with van der Waals surface area (Å²) in [4.78, 5) is 7.73. The fourth-order valence-corrected chi connectivity index (χ4v) is 5.29. The van der Waals surface area contributed by atoms with Gasteiger partial charge in [-0.3, -0.25) is 9.80 Å². The second kappa shape index (κ2) is 10.5. The largest absolute Gasteiger partial charge is 0.369 e. The smallest absolute Gasteiger partial charge is 0.0394 e. The highest BCUT2D eigenvalue weighted by atomic mass is 15.4. The molecule has 0 saturated carbocycles. The van der Waals surface area contributed by atoms with E-state index in [2.05, 4.69) is 85.9 Å². The van der Waals surface area contributed by atoms with E-state index in [1.54, 1.807) is 0 Å². The second-order valence-corrected chi connectivity index (χ2v) is 9.46. The number of fused-ring (bicyclic) bond motifs is 2. The van der Waals surface area contributed by atoms with Crippen LogP contribution >= 0.6 is 0 Å². The molecule has 0 spiro atoms. The zero-order valence-electron chi connectivity index (χ0n) is 19.6. The minimum atomic E-state index is 0.559. The molecule has 3 aliphatic rings. The van der Waals surface area contributed by atoms with E-state index in [1.807, 2.05) is 12.2 Å². The Hall–Kier alpha value is -1.84. The first-order chi connectivity index (χ1) is 14.4. The van der Waals surface area contributed by atoms with Gasteiger partial charge in [-0.05, 0) is 64.2 Å². The molecule has 3 heteroatoms. The maximum absolute atomic E-state index is 3.87. The van der Waals surface area contributed by atoms with Crippen LogP contribution in [0.25, 0.3) is 0 Å². The van der Waals surface area contributed by atoms with E-state index in [9.17, 15) is 0 Å². The van der Waals surface area contributed by atoms with E-state index >= 15 is 0 Å². The Balaban J connectivity index is 0.000000178. The van der Waals surface area contributed by atoms with Gasteiger partial charge < -0.3 is 4.90 Å². The molecular weight excluding hydrogens is 366 g/mol. The molecule has 2 bridgehead atoms. The lowest BCUT2D eigenvalue weighted by molar-refractivity contribution is 0.0999. The van der Waals surface area contributed by atoms with Gasteiger partial charge in [0.05, 0.1) is 0 Å². The van der Waals surface area contributed by atoms with Gasteiger partial charge in [-0.1, -0.05) is 49.6 Å². The molecule has 4 rings (SSSR count). The lowest BCUT2D eigenvalue weighted by Crippen LogP contribution is -2.48. The zero-order chi connectivity index (χ0) is 21.7. The summed E-state index contributed by atoms with van der Waals surface area (Å²) >= 11 is 0. The third-order valence-corrected chi connectivity index (χ3v) is 6.83. The molecule has 2 atom stereocenters. The fraction of sp³-hybridized carbons (Fsp3) is 0.556. The monoisotopic (exact) mass is 407 g/mol. The van der Waals surface area contributed by atoms with Crippen LogP contribution in [0, 0.1) is 0 Å². The average molecular weight is 408 g/mol. The summed E-state index contributed by atoms with van der Waals surface area (Å²) in [7, 11) is 0. The molecule has 30 heavy (non-hydrogen) atoms. The van der Waals surface area contributed by atoms with Gasteiger partial charge in [-0.2, -0.15) is 0 Å². The van der Waals surface area contributed by atoms with Gasteiger partial charge in [0, 0.05) is 56.0 Å². The van der Waals surface area contributed by atoms with Gasteiger partial charge in [-0.15, -0.1) is 0 Å². The van der Waals surface area contributed by atoms with Crippen LogP contribution in [-0.2, 0) is 6.54 Å². The molecule has 3 heterocycles. The van der Waals surface area contributed by atoms with Crippen LogP contribution in [0.3, 0.4) is 0 Å². The van der Waals surface area contributed by atoms with Gasteiger partial charge in [0.15, 0.2) is 0 Å². The lowest BCUT2D eigenvalue weighted by atomic mass is 10.0. The van der Waals surface area contributed by atoms with Crippen LogP contribution in [0.1, 0.15) is 52.5 Å². The Kier molecular flexibility index (Phi) is 7.96. The summed E-state index contributed by atoms with van der Waals surface area (Å²) in [6.45, 7) is 21.6. The Morgan fingerprint density at radius 3 is 2.23 bits per heavy atom. The van der Waals surface area contributed by atoms with Crippen LogP contribution < -0.4 is 0 Å². The second-order valence-electron chi connectivity index (χ2n) is 9.46. The van der Waals surface area contributed by atoms with Crippen LogP contribution in [0.5, 0.6) is 0 Å². The maximum Gasteiger partial charge on any atom is 0.0394 e. The van der Waals surface area contributed by atoms with Crippen LogP contribution in [-0.4, -0.2) is 58.5 Å². The van der Waals surface area contributed by atoms with Gasteiger partial charge in [0.25, 0.3) is 0 Å². The number of rotatable bonds is 6. The molecule has 0 radical (unpaired) electrons. The highest BCUT2D eigenvalue weighted by Gasteiger charge is 2.43. The molecule has 164 valence electrons. The Morgan fingerprint density at radius 1 is 0.967 bits per heavy atom. The molecule has 1 aromatic carbocycles. The third-order valence-electron chi connectivity index (χ3n) is 6.83. The zero-order valence-corrected chi connectivity index (χ0v) is 19.6. The summed E-state index contributed by atoms with van der Waals surface area (Å²) in [5, 5.41) is 0. The minimum absolute atomic E-state index is 0.559. The minimum Gasteiger partial charge on any atom is -0.369 e. The van der Waals surface area contributed by atoms with Gasteiger partial charge in [-0.25, -0.2) is 0 Å². The highest BCUT2D eigenvalue weighted by molar-refractivity contribution is 5.32. The van der Waals surface area contributed by atoms with Crippen LogP contribution in [0.2, 0.25) is 0 Å². The van der Waals surface area contributed by atoms with Crippen LogP contribution in [0.15, 0.2) is 66.9 Å². The fourth-order valence-electron chi connectivity index (χ4n) is 5.29. The predicted molar refractivity (Wildman–Crippen MR) is 129 cm³/mol. The lowest BCUT2D eigenvalue weighted by Gasteiger charge is -2.36. The van der Waals surface area contributed by atoms with Crippen LogP contribution in [0.4, 0.5) is 0 Å². The van der Waals surface area contributed by atoms with Crippen molar-refractivity contribution in [3.8, 4) is 0 Å². The Bertz CT molecular complexity index is 734. The quantitative estimate of drug-likeness (QED) is 0.619. The molecule has 3 nitrogen and oxygen atoms in total. The van der Waals surface area contributed by atoms with Crippen molar-refractivity contribution in [1.82, 2.24) is 14.7 Å². The average Bonchev–Trinajstić information content (AvgIpc) is 3.35. The molecule has 0 aromatic heterocycles. The number of allylic oxidation sites excluding steroid dienone is 3. The van der Waals surface area contributed by atoms with E-state index in [4.69, 9.17) is 0 Å². The summed E-state index contributed by atoms with van der Waals surface area (Å²) in [6.07, 6.45) is 7.68. The Labute approximate surface area is 184 Å². The van der Waals surface area contributed by atoms with Gasteiger partial charge in [0.1, 0.15) is 0 Å². The molecule has 0 N–H and O–H groups in total. The van der Waals surface area contributed by atoms with Crippen molar-refractivity contribution in [2.75, 3.05) is 19.6 Å². The van der Waals surface area contributed by atoms with E-state index in [1.165, 1.54) is 42.8 Å². The molecule has 2 saturated heterocycles. The molecule has 0 amide bonds. The highest BCUT2D eigenvalue weighted by Crippen LogP contribution is 2.33. The number of nitrogens with zero attached hydrogens (tertiary/aromatic N) is 3. The molecule has 3 aliphatic heterocycles. The van der Waals surface area contributed by atoms with E-state index in [0.29, 0.717) is 12.1 Å². The molecule has 2 unspecified atom stereocenters. The SMILES string of the molecule is C=CC1=C(C=C)N(C(C)C)CCC1.CC(C)N1CC2CC1CN2Cc1ccccc1. The predicted octanol–water partition coefficient (Wildman–Crippen LogP) is 5.47. The Morgan fingerprint density at radius 2 is 1.70 bits per heavy atom. The normalized spacial score (nSPS) is 24.4. The van der Waals surface area contributed by atoms with Crippen molar-refractivity contribution in [3.05, 3.63) is 72.5 Å². The van der Waals surface area contributed by atoms with Crippen molar-refractivity contribution < 1.29 is 0 Å². The first-order valence-corrected chi connectivity index (χ1v) is 11.7. The molecule has 0 aliphatic carbocycles. The maximum atomic E-state index is 3.87. The summed E-state index contributed by atoms with van der Waals surface area (Å²) in [6, 6.07) is 13.7. The first kappa shape index (κ1) is 22.8. The van der Waals surface area contributed by atoms with E-state index in [-0.39, 0.29) is 0 Å². The summed E-state index contributed by atoms with van der Waals surface area (Å²) in [5.74, 6) is 0. The van der Waals surface area contributed by atoms with E-state index < -0.39 is 0 Å². The molecule has 1 aromatic rings. The first-order valence-electron chi connectivity index (χ1n) is 11.7. The standard InChI is InChI=1S/C15H22N2.C12H19N/c1-12(2)17-11-14-8-15(17)10-16(14)9-13-6-4-3-5-7-13;1-5-11-8-7-9-13(10(3)4)12(11)6-2/h3-7,12,14-15H,8-11H2,1-2H3;5-6,10H,1-2,7-9H2,3-4H3. The number of piperazine rings is 1. The topological polar surface area (TPSA) is 9.72 Å². The summed E-state index contributed by atoms with van der Waals surface area (Å²) < 4.78 is 0. The van der Waals surface area contributed by atoms with Gasteiger partial charge >= 0.3 is 0 Å². The molecular formula is C27H41N3. The third kappa shape index (κ3) is 5.25. The van der Waals surface area contributed by atoms with E-state index in [0.717, 1.165) is 31.6 Å². The van der Waals surface area contributed by atoms with Crippen molar-refractivity contribution in [3.63, 3.8) is 0 Å². The van der Waals surface area contributed by atoms with Crippen molar-refractivity contribution in [2.24, 2.45) is 0 Å². The van der Waals surface area contributed by atoms with Crippen molar-refractivity contribution in [2.45, 2.75) is 77.7 Å². The van der Waals surface area contributed by atoms with Gasteiger partial charge in [0.2, 0.25) is 0 Å². The number of likely N-dealkylation sites (tertiary alicyclic amines) is 2. The summed E-state index contributed by atoms with van der Waals surface area (Å²) in [5.41, 5.74) is 4.07. The number of hydrogen-bond donors (Lipinski definition) is 0. The molecule has 2 fully saturated rings. The van der Waals surface area contributed by atoms with Crippen molar-refractivity contribution >= 4 is 0 Å². The number of benzene rings is 1. The van der Waals surface area contributed by atoms with Crippen molar-refractivity contribution in [1.29, 1.82) is 0 Å². The number of hydrogen-bond acceptors (Lipinski definition) is 3.